The molecule has 0 spiro atoms. The van der Waals surface area contributed by atoms with Crippen molar-refractivity contribution in [1.29, 1.82) is 0 Å². The number of nitrogens with one attached hydrogen (secondary N) is 1. The molecule has 0 saturated carbocycles. The van der Waals surface area contributed by atoms with Gasteiger partial charge in [0.05, 0.1) is 7.11 Å². The molecule has 3 nitrogen and oxygen atoms in total. The van der Waals surface area contributed by atoms with Crippen LogP contribution in [-0.2, 0) is 4.79 Å². The second kappa shape index (κ2) is 5.82. The van der Waals surface area contributed by atoms with Crippen molar-refractivity contribution < 1.29 is 9.53 Å². The van der Waals surface area contributed by atoms with Crippen LogP contribution in [0.5, 0.6) is 5.75 Å². The summed E-state index contributed by atoms with van der Waals surface area (Å²) in [5.41, 5.74) is 0.745. The highest BCUT2D eigenvalue weighted by molar-refractivity contribution is 5.92. The molecule has 0 fully saturated rings. The van der Waals surface area contributed by atoms with Crippen molar-refractivity contribution in [2.75, 3.05) is 12.4 Å². The van der Waals surface area contributed by atoms with Gasteiger partial charge < -0.3 is 10.1 Å². The Kier molecular flexibility index (Phi) is 4.41. The number of terminal acetylenes is 1. The highest BCUT2D eigenvalue weighted by atomic mass is 16.5. The molecule has 0 bridgehead atoms. The number of benzene rings is 1. The monoisotopic (exact) mass is 217 g/mol. The summed E-state index contributed by atoms with van der Waals surface area (Å²) in [5, 5.41) is 2.79. The van der Waals surface area contributed by atoms with Crippen LogP contribution in [0.15, 0.2) is 24.3 Å². The summed E-state index contributed by atoms with van der Waals surface area (Å²) < 4.78 is 5.02. The minimum absolute atomic E-state index is 0.0666. The molecule has 0 heterocycles. The van der Waals surface area contributed by atoms with Crippen LogP contribution in [-0.4, -0.2) is 13.0 Å². The summed E-state index contributed by atoms with van der Waals surface area (Å²) >= 11 is 0. The molecule has 1 unspecified atom stereocenters. The first kappa shape index (κ1) is 12.1. The van der Waals surface area contributed by atoms with Crippen LogP contribution >= 0.6 is 0 Å². The predicted molar refractivity (Wildman–Crippen MR) is 64.2 cm³/mol. The maximum atomic E-state index is 11.6. The fourth-order valence-corrected chi connectivity index (χ4v) is 1.21. The summed E-state index contributed by atoms with van der Waals surface area (Å²) in [4.78, 5) is 11.6. The van der Waals surface area contributed by atoms with Gasteiger partial charge >= 0.3 is 0 Å². The minimum atomic E-state index is -0.174. The Morgan fingerprint density at radius 1 is 1.50 bits per heavy atom. The molecule has 1 aromatic carbocycles. The van der Waals surface area contributed by atoms with Crippen LogP contribution in [0.4, 0.5) is 5.69 Å². The van der Waals surface area contributed by atoms with E-state index in [1.54, 1.807) is 38.3 Å². The average Bonchev–Trinajstić information content (AvgIpc) is 2.30. The van der Waals surface area contributed by atoms with Crippen LogP contribution in [0.3, 0.4) is 0 Å². The first-order valence-electron chi connectivity index (χ1n) is 5.05. The fourth-order valence-electron chi connectivity index (χ4n) is 1.21. The molecule has 1 amide bonds. The molecule has 0 radical (unpaired) electrons. The second-order valence-electron chi connectivity index (χ2n) is 3.53. The van der Waals surface area contributed by atoms with Crippen molar-refractivity contribution in [2.24, 2.45) is 5.92 Å². The molecule has 1 atom stereocenters. The van der Waals surface area contributed by atoms with Crippen LogP contribution in [0.25, 0.3) is 0 Å². The number of methoxy groups -OCH3 is 1. The van der Waals surface area contributed by atoms with Crippen molar-refractivity contribution in [3.63, 3.8) is 0 Å². The highest BCUT2D eigenvalue weighted by Gasteiger charge is 2.11. The van der Waals surface area contributed by atoms with E-state index < -0.39 is 0 Å². The van der Waals surface area contributed by atoms with E-state index in [0.29, 0.717) is 6.42 Å². The minimum Gasteiger partial charge on any atom is -0.497 e. The Labute approximate surface area is 95.8 Å². The Bertz CT molecular complexity index is 389. The van der Waals surface area contributed by atoms with Gasteiger partial charge in [-0.3, -0.25) is 4.79 Å². The van der Waals surface area contributed by atoms with Crippen molar-refractivity contribution in [2.45, 2.75) is 13.3 Å². The Hall–Kier alpha value is -1.95. The van der Waals surface area contributed by atoms with E-state index in [0.717, 1.165) is 11.4 Å². The number of carbonyl (C=O) groups excluding carboxylic acids is 1. The third-order valence-electron chi connectivity index (χ3n) is 2.23. The number of amides is 1. The zero-order chi connectivity index (χ0) is 12.0. The number of hydrogen-bond donors (Lipinski definition) is 1. The molecule has 1 N–H and O–H groups in total. The second-order valence-corrected chi connectivity index (χ2v) is 3.53. The molecule has 84 valence electrons. The molecular formula is C13H15NO2. The van der Waals surface area contributed by atoms with E-state index in [4.69, 9.17) is 11.2 Å². The van der Waals surface area contributed by atoms with Crippen molar-refractivity contribution in [3.8, 4) is 18.1 Å². The largest absolute Gasteiger partial charge is 0.497 e. The molecule has 0 aromatic heterocycles. The fraction of sp³-hybridized carbons (Fsp3) is 0.308. The third kappa shape index (κ3) is 3.32. The van der Waals surface area contributed by atoms with E-state index in [1.807, 2.05) is 0 Å². The number of carbonyl (C=O) groups is 1. The van der Waals surface area contributed by atoms with Gasteiger partial charge in [0.1, 0.15) is 5.75 Å². The van der Waals surface area contributed by atoms with Gasteiger partial charge in [-0.15, -0.1) is 12.3 Å². The molecule has 16 heavy (non-hydrogen) atoms. The van der Waals surface area contributed by atoms with Crippen LogP contribution < -0.4 is 10.1 Å². The van der Waals surface area contributed by atoms with Crippen LogP contribution in [0.2, 0.25) is 0 Å². The molecular weight excluding hydrogens is 202 g/mol. The van der Waals surface area contributed by atoms with Gasteiger partial charge in [0.2, 0.25) is 5.91 Å². The first-order chi connectivity index (χ1) is 7.67. The van der Waals surface area contributed by atoms with Crippen molar-refractivity contribution in [3.05, 3.63) is 24.3 Å². The van der Waals surface area contributed by atoms with Crippen LogP contribution in [0, 0.1) is 18.3 Å². The first-order valence-corrected chi connectivity index (χ1v) is 5.05. The highest BCUT2D eigenvalue weighted by Crippen LogP contribution is 2.16. The number of ether oxygens (including phenoxy) is 1. The van der Waals surface area contributed by atoms with Gasteiger partial charge in [0.25, 0.3) is 0 Å². The maximum absolute atomic E-state index is 11.6. The zero-order valence-corrected chi connectivity index (χ0v) is 9.49. The van der Waals surface area contributed by atoms with Crippen LogP contribution in [0.1, 0.15) is 13.3 Å². The smallest absolute Gasteiger partial charge is 0.228 e. The molecule has 1 aromatic rings. The number of rotatable bonds is 4. The topological polar surface area (TPSA) is 38.3 Å². The van der Waals surface area contributed by atoms with E-state index in [-0.39, 0.29) is 11.8 Å². The van der Waals surface area contributed by atoms with Gasteiger partial charge in [0, 0.05) is 18.0 Å². The zero-order valence-electron chi connectivity index (χ0n) is 9.49. The lowest BCUT2D eigenvalue weighted by Crippen LogP contribution is -2.19. The average molecular weight is 217 g/mol. The van der Waals surface area contributed by atoms with E-state index >= 15 is 0 Å². The predicted octanol–water partition coefficient (Wildman–Crippen LogP) is 2.29. The summed E-state index contributed by atoms with van der Waals surface area (Å²) in [6.07, 6.45) is 5.60. The standard InChI is InChI=1S/C13H15NO2/c1-4-5-10(2)13(15)14-11-6-8-12(16-3)9-7-11/h1,6-10H,5H2,2-3H3,(H,14,15). The summed E-state index contributed by atoms with van der Waals surface area (Å²) in [6.45, 7) is 1.80. The molecule has 0 saturated heterocycles. The normalized spacial score (nSPS) is 11.3. The van der Waals surface area contributed by atoms with Crippen molar-refractivity contribution in [1.82, 2.24) is 0 Å². The van der Waals surface area contributed by atoms with Gasteiger partial charge in [-0.05, 0) is 24.3 Å². The summed E-state index contributed by atoms with van der Waals surface area (Å²) in [6, 6.07) is 7.17. The van der Waals surface area contributed by atoms with Gasteiger partial charge in [0.15, 0.2) is 0 Å². The van der Waals surface area contributed by atoms with Crippen molar-refractivity contribution >= 4 is 11.6 Å². The van der Waals surface area contributed by atoms with Gasteiger partial charge in [-0.2, -0.15) is 0 Å². The Morgan fingerprint density at radius 3 is 2.62 bits per heavy atom. The number of hydrogen-bond acceptors (Lipinski definition) is 2. The lowest BCUT2D eigenvalue weighted by atomic mass is 10.1. The summed E-state index contributed by atoms with van der Waals surface area (Å²) in [7, 11) is 1.60. The van der Waals surface area contributed by atoms with E-state index in [2.05, 4.69) is 11.2 Å². The lowest BCUT2D eigenvalue weighted by molar-refractivity contribution is -0.119. The molecule has 0 aliphatic rings. The maximum Gasteiger partial charge on any atom is 0.228 e. The molecule has 0 aliphatic carbocycles. The molecule has 3 heteroatoms. The SMILES string of the molecule is C#CCC(C)C(=O)Nc1ccc(OC)cc1. The number of anilines is 1. The van der Waals surface area contributed by atoms with E-state index in [9.17, 15) is 4.79 Å². The third-order valence-corrected chi connectivity index (χ3v) is 2.23. The molecule has 0 aliphatic heterocycles. The Morgan fingerprint density at radius 2 is 2.12 bits per heavy atom. The lowest BCUT2D eigenvalue weighted by Gasteiger charge is -2.09. The van der Waals surface area contributed by atoms with Gasteiger partial charge in [-0.25, -0.2) is 0 Å². The molecule has 1 rings (SSSR count). The van der Waals surface area contributed by atoms with Gasteiger partial charge in [-0.1, -0.05) is 6.92 Å². The Balaban J connectivity index is 2.59. The summed E-state index contributed by atoms with van der Waals surface area (Å²) in [5.74, 6) is 2.99. The quantitative estimate of drug-likeness (QED) is 0.786. The van der Waals surface area contributed by atoms with E-state index in [1.165, 1.54) is 0 Å².